The van der Waals surface area contributed by atoms with Gasteiger partial charge in [-0.2, -0.15) is 0 Å². The number of hydrogen-bond donors (Lipinski definition) is 1. The lowest BCUT2D eigenvalue weighted by Gasteiger charge is -2.29. The molecule has 1 saturated heterocycles. The molecule has 0 radical (unpaired) electrons. The van der Waals surface area contributed by atoms with Crippen LogP contribution in [0, 0.1) is 5.82 Å². The minimum Gasteiger partial charge on any atom is -0.352 e. The summed E-state index contributed by atoms with van der Waals surface area (Å²) in [5, 5.41) is 3.26. The number of nitrogens with zero attached hydrogens (tertiary/aromatic N) is 3. The molecular weight excluding hydrogens is 231 g/mol. The molecule has 1 aliphatic rings. The van der Waals surface area contributed by atoms with Crippen molar-refractivity contribution in [3.8, 4) is 0 Å². The normalized spacial score (nSPS) is 16.3. The van der Waals surface area contributed by atoms with Crippen LogP contribution < -0.4 is 10.2 Å². The van der Waals surface area contributed by atoms with E-state index in [0.717, 1.165) is 39.0 Å². The van der Waals surface area contributed by atoms with Gasteiger partial charge in [-0.05, 0) is 12.8 Å². The topological polar surface area (TPSA) is 41.1 Å². The van der Waals surface area contributed by atoms with Gasteiger partial charge in [0.1, 0.15) is 6.33 Å². The van der Waals surface area contributed by atoms with Gasteiger partial charge in [0.05, 0.1) is 5.69 Å². The fraction of sp³-hybridized carbons (Fsp3) is 0.692. The van der Waals surface area contributed by atoms with Gasteiger partial charge in [0.25, 0.3) is 0 Å². The number of hydrogen-bond acceptors (Lipinski definition) is 4. The van der Waals surface area contributed by atoms with E-state index in [4.69, 9.17) is 0 Å². The zero-order chi connectivity index (χ0) is 13.0. The summed E-state index contributed by atoms with van der Waals surface area (Å²) in [6, 6.07) is 0. The molecule has 100 valence electrons. The maximum Gasteiger partial charge on any atom is 0.187 e. The van der Waals surface area contributed by atoms with Gasteiger partial charge in [0, 0.05) is 32.1 Å². The number of rotatable bonds is 4. The Bertz CT molecular complexity index is 387. The minimum atomic E-state index is -0.229. The Kier molecular flexibility index (Phi) is 4.47. The molecule has 0 spiro atoms. The summed E-state index contributed by atoms with van der Waals surface area (Å²) in [6.45, 7) is 7.50. The highest BCUT2D eigenvalue weighted by atomic mass is 19.1. The van der Waals surface area contributed by atoms with Crippen molar-refractivity contribution in [2.45, 2.75) is 32.6 Å². The SMILES string of the molecule is CCC(CC)c1ncnc(N2CCNCC2)c1F. The third kappa shape index (κ3) is 2.61. The molecule has 1 N–H and O–H groups in total. The Hall–Kier alpha value is -1.23. The van der Waals surface area contributed by atoms with Crippen LogP contribution in [0.2, 0.25) is 0 Å². The Morgan fingerprint density at radius 2 is 1.94 bits per heavy atom. The molecule has 0 bridgehead atoms. The molecule has 0 unspecified atom stereocenters. The van der Waals surface area contributed by atoms with E-state index < -0.39 is 0 Å². The van der Waals surface area contributed by atoms with E-state index in [1.807, 2.05) is 4.90 Å². The van der Waals surface area contributed by atoms with Crippen molar-refractivity contribution in [3.05, 3.63) is 17.8 Å². The Labute approximate surface area is 108 Å². The maximum absolute atomic E-state index is 14.5. The van der Waals surface area contributed by atoms with Crippen LogP contribution in [-0.4, -0.2) is 36.1 Å². The van der Waals surface area contributed by atoms with E-state index in [-0.39, 0.29) is 11.7 Å². The number of aromatic nitrogens is 2. The lowest BCUT2D eigenvalue weighted by Crippen LogP contribution is -2.44. The second kappa shape index (κ2) is 6.09. The average molecular weight is 252 g/mol. The second-order valence-electron chi connectivity index (χ2n) is 4.65. The van der Waals surface area contributed by atoms with Gasteiger partial charge < -0.3 is 10.2 Å². The zero-order valence-electron chi connectivity index (χ0n) is 11.1. The quantitative estimate of drug-likeness (QED) is 0.889. The van der Waals surface area contributed by atoms with Crippen LogP contribution in [0.1, 0.15) is 38.3 Å². The van der Waals surface area contributed by atoms with Gasteiger partial charge in [0.15, 0.2) is 11.6 Å². The molecule has 4 nitrogen and oxygen atoms in total. The van der Waals surface area contributed by atoms with E-state index >= 15 is 0 Å². The fourth-order valence-electron chi connectivity index (χ4n) is 2.43. The molecule has 5 heteroatoms. The first kappa shape index (κ1) is 13.2. The van der Waals surface area contributed by atoms with Gasteiger partial charge in [0.2, 0.25) is 0 Å². The van der Waals surface area contributed by atoms with Crippen LogP contribution in [0.25, 0.3) is 0 Å². The van der Waals surface area contributed by atoms with Crippen LogP contribution in [-0.2, 0) is 0 Å². The zero-order valence-corrected chi connectivity index (χ0v) is 11.1. The van der Waals surface area contributed by atoms with Crippen molar-refractivity contribution in [1.29, 1.82) is 0 Å². The highest BCUT2D eigenvalue weighted by Crippen LogP contribution is 2.27. The predicted octanol–water partition coefficient (Wildman–Crippen LogP) is 1.93. The monoisotopic (exact) mass is 252 g/mol. The predicted molar refractivity (Wildman–Crippen MR) is 70.4 cm³/mol. The molecule has 0 aliphatic carbocycles. The van der Waals surface area contributed by atoms with E-state index in [9.17, 15) is 4.39 Å². The molecule has 18 heavy (non-hydrogen) atoms. The van der Waals surface area contributed by atoms with Gasteiger partial charge in [-0.25, -0.2) is 14.4 Å². The Morgan fingerprint density at radius 3 is 2.56 bits per heavy atom. The molecule has 0 atom stereocenters. The molecule has 2 rings (SSSR count). The first-order chi connectivity index (χ1) is 8.77. The molecule has 2 heterocycles. The molecule has 1 aromatic rings. The molecule has 1 fully saturated rings. The van der Waals surface area contributed by atoms with Crippen LogP contribution in [0.4, 0.5) is 10.2 Å². The summed E-state index contributed by atoms with van der Waals surface area (Å²) in [5.41, 5.74) is 0.573. The fourth-order valence-corrected chi connectivity index (χ4v) is 2.43. The van der Waals surface area contributed by atoms with E-state index in [1.165, 1.54) is 6.33 Å². The average Bonchev–Trinajstić information content (AvgIpc) is 2.43. The van der Waals surface area contributed by atoms with Crippen LogP contribution >= 0.6 is 0 Å². The largest absolute Gasteiger partial charge is 0.352 e. The van der Waals surface area contributed by atoms with Crippen molar-refractivity contribution in [2.24, 2.45) is 0 Å². The third-order valence-electron chi connectivity index (χ3n) is 3.59. The smallest absolute Gasteiger partial charge is 0.187 e. The van der Waals surface area contributed by atoms with Crippen molar-refractivity contribution < 1.29 is 4.39 Å². The second-order valence-corrected chi connectivity index (χ2v) is 4.65. The summed E-state index contributed by atoms with van der Waals surface area (Å²) < 4.78 is 14.5. The van der Waals surface area contributed by atoms with E-state index in [2.05, 4.69) is 29.1 Å². The van der Waals surface area contributed by atoms with Gasteiger partial charge in [-0.1, -0.05) is 13.8 Å². The van der Waals surface area contributed by atoms with Crippen molar-refractivity contribution in [3.63, 3.8) is 0 Å². The lowest BCUT2D eigenvalue weighted by molar-refractivity contribution is 0.518. The Morgan fingerprint density at radius 1 is 1.28 bits per heavy atom. The summed E-state index contributed by atoms with van der Waals surface area (Å²) >= 11 is 0. The highest BCUT2D eigenvalue weighted by Gasteiger charge is 2.22. The van der Waals surface area contributed by atoms with Gasteiger partial charge >= 0.3 is 0 Å². The first-order valence-corrected chi connectivity index (χ1v) is 6.74. The molecule has 0 aromatic carbocycles. The molecule has 1 aliphatic heterocycles. The van der Waals surface area contributed by atoms with Crippen LogP contribution in [0.3, 0.4) is 0 Å². The molecule has 0 amide bonds. The summed E-state index contributed by atoms with van der Waals surface area (Å²) in [5.74, 6) is 0.427. The van der Waals surface area contributed by atoms with Gasteiger partial charge in [-0.3, -0.25) is 0 Å². The highest BCUT2D eigenvalue weighted by molar-refractivity contribution is 5.42. The standard InChI is InChI=1S/C13H21FN4/c1-3-10(4-2)12-11(14)13(17-9-16-12)18-7-5-15-6-8-18/h9-10,15H,3-8H2,1-2H3. The third-order valence-corrected chi connectivity index (χ3v) is 3.59. The number of nitrogens with one attached hydrogen (secondary N) is 1. The molecule has 1 aromatic heterocycles. The first-order valence-electron chi connectivity index (χ1n) is 6.74. The Balaban J connectivity index is 2.28. The number of piperazine rings is 1. The maximum atomic E-state index is 14.5. The van der Waals surface area contributed by atoms with E-state index in [1.54, 1.807) is 0 Å². The van der Waals surface area contributed by atoms with Crippen molar-refractivity contribution >= 4 is 5.82 Å². The minimum absolute atomic E-state index is 0.190. The van der Waals surface area contributed by atoms with Gasteiger partial charge in [-0.15, -0.1) is 0 Å². The summed E-state index contributed by atoms with van der Waals surface area (Å²) in [4.78, 5) is 10.3. The summed E-state index contributed by atoms with van der Waals surface area (Å²) in [6.07, 6.45) is 3.31. The molecule has 0 saturated carbocycles. The molecular formula is C13H21FN4. The van der Waals surface area contributed by atoms with Crippen molar-refractivity contribution in [1.82, 2.24) is 15.3 Å². The van der Waals surface area contributed by atoms with Crippen LogP contribution in [0.5, 0.6) is 0 Å². The lowest BCUT2D eigenvalue weighted by atomic mass is 9.98. The number of halogens is 1. The summed E-state index contributed by atoms with van der Waals surface area (Å²) in [7, 11) is 0. The van der Waals surface area contributed by atoms with Crippen LogP contribution in [0.15, 0.2) is 6.33 Å². The van der Waals surface area contributed by atoms with E-state index in [0.29, 0.717) is 11.5 Å². The van der Waals surface area contributed by atoms with Crippen molar-refractivity contribution in [2.75, 3.05) is 31.1 Å². The number of anilines is 1.